The first-order chi connectivity index (χ1) is 13.8. The van der Waals surface area contributed by atoms with Gasteiger partial charge < -0.3 is 19.2 Å². The number of morpholine rings is 1. The van der Waals surface area contributed by atoms with Crippen molar-refractivity contribution >= 4 is 33.3 Å². The molecule has 0 amide bonds. The van der Waals surface area contributed by atoms with E-state index in [-0.39, 0.29) is 28.6 Å². The molecule has 2 heterocycles. The van der Waals surface area contributed by atoms with Crippen LogP contribution in [0.25, 0.3) is 0 Å². The normalized spacial score (nSPS) is 15.2. The van der Waals surface area contributed by atoms with Gasteiger partial charge in [0.25, 0.3) is 0 Å². The van der Waals surface area contributed by atoms with Gasteiger partial charge in [-0.05, 0) is 24.3 Å². The van der Waals surface area contributed by atoms with Gasteiger partial charge in [-0.1, -0.05) is 11.6 Å². The van der Waals surface area contributed by atoms with Gasteiger partial charge in [0.1, 0.15) is 17.3 Å². The summed E-state index contributed by atoms with van der Waals surface area (Å²) in [7, 11) is -4.11. The second kappa shape index (κ2) is 9.59. The van der Waals surface area contributed by atoms with Crippen molar-refractivity contribution in [2.24, 2.45) is 5.14 Å². The van der Waals surface area contributed by atoms with E-state index >= 15 is 0 Å². The summed E-state index contributed by atoms with van der Waals surface area (Å²) >= 11 is 6.06. The number of nitrogens with zero attached hydrogens (tertiary/aromatic N) is 1. The van der Waals surface area contributed by atoms with Crippen molar-refractivity contribution in [3.8, 4) is 0 Å². The quantitative estimate of drug-likeness (QED) is 0.590. The number of ether oxygens (including phenoxy) is 2. The molecule has 1 aliphatic rings. The van der Waals surface area contributed by atoms with E-state index < -0.39 is 16.0 Å². The van der Waals surface area contributed by atoms with E-state index in [2.05, 4.69) is 10.2 Å². The van der Waals surface area contributed by atoms with Crippen LogP contribution in [-0.4, -0.2) is 58.7 Å². The summed E-state index contributed by atoms with van der Waals surface area (Å²) in [6.45, 7) is 3.80. The highest BCUT2D eigenvalue weighted by Crippen LogP contribution is 2.29. The van der Waals surface area contributed by atoms with Crippen molar-refractivity contribution in [1.29, 1.82) is 0 Å². The highest BCUT2D eigenvalue weighted by Gasteiger charge is 2.22. The smallest absolute Gasteiger partial charge is 0.340 e. The molecule has 0 aliphatic carbocycles. The lowest BCUT2D eigenvalue weighted by Crippen LogP contribution is -2.38. The first kappa shape index (κ1) is 21.6. The van der Waals surface area contributed by atoms with Gasteiger partial charge in [-0.25, -0.2) is 18.4 Å². The van der Waals surface area contributed by atoms with Crippen LogP contribution in [0.4, 0.5) is 5.69 Å². The summed E-state index contributed by atoms with van der Waals surface area (Å²) in [5, 5.41) is 8.12. The molecule has 158 valence electrons. The number of carbonyl (C=O) groups is 1. The number of rotatable bonds is 8. The largest absolute Gasteiger partial charge is 0.467 e. The third-order valence-electron chi connectivity index (χ3n) is 4.38. The lowest BCUT2D eigenvalue weighted by atomic mass is 10.1. The van der Waals surface area contributed by atoms with Gasteiger partial charge in [0.15, 0.2) is 0 Å². The van der Waals surface area contributed by atoms with Crippen LogP contribution in [-0.2, 0) is 26.0 Å². The summed E-state index contributed by atoms with van der Waals surface area (Å²) in [6.07, 6.45) is 1.52. The van der Waals surface area contributed by atoms with Crippen molar-refractivity contribution in [2.75, 3.05) is 44.8 Å². The van der Waals surface area contributed by atoms with Gasteiger partial charge in [0.05, 0.1) is 42.3 Å². The molecule has 1 fully saturated rings. The number of anilines is 1. The van der Waals surface area contributed by atoms with E-state index in [1.165, 1.54) is 12.3 Å². The second-order valence-corrected chi connectivity index (χ2v) is 8.33. The molecule has 2 aromatic rings. The maximum Gasteiger partial charge on any atom is 0.340 e. The Labute approximate surface area is 173 Å². The van der Waals surface area contributed by atoms with Crippen LogP contribution < -0.4 is 10.5 Å². The maximum absolute atomic E-state index is 12.7. The summed E-state index contributed by atoms with van der Waals surface area (Å²) in [6, 6.07) is 5.95. The lowest BCUT2D eigenvalue weighted by Gasteiger charge is -2.26. The number of benzene rings is 1. The zero-order chi connectivity index (χ0) is 20.9. The van der Waals surface area contributed by atoms with Gasteiger partial charge in [0.2, 0.25) is 10.0 Å². The average Bonchev–Trinajstić information content (AvgIpc) is 3.19. The van der Waals surface area contributed by atoms with Crippen LogP contribution >= 0.6 is 11.6 Å². The van der Waals surface area contributed by atoms with Crippen LogP contribution in [0.2, 0.25) is 5.02 Å². The number of esters is 1. The van der Waals surface area contributed by atoms with Gasteiger partial charge in [-0.2, -0.15) is 0 Å². The van der Waals surface area contributed by atoms with Gasteiger partial charge in [-0.3, -0.25) is 4.90 Å². The number of sulfonamides is 1. The van der Waals surface area contributed by atoms with Crippen molar-refractivity contribution in [1.82, 2.24) is 4.90 Å². The Morgan fingerprint density at radius 1 is 1.31 bits per heavy atom. The molecular weight excluding hydrogens is 422 g/mol. The summed E-state index contributed by atoms with van der Waals surface area (Å²) < 4.78 is 39.5. The molecular formula is C18H22ClN3O6S. The molecule has 0 radical (unpaired) electrons. The highest BCUT2D eigenvalue weighted by atomic mass is 35.5. The van der Waals surface area contributed by atoms with E-state index in [0.29, 0.717) is 31.2 Å². The fourth-order valence-corrected chi connectivity index (χ4v) is 3.95. The van der Waals surface area contributed by atoms with E-state index in [1.807, 2.05) is 0 Å². The van der Waals surface area contributed by atoms with Crippen molar-refractivity contribution in [3.63, 3.8) is 0 Å². The van der Waals surface area contributed by atoms with E-state index in [0.717, 1.165) is 19.2 Å². The lowest BCUT2D eigenvalue weighted by molar-refractivity contribution is 0.0196. The van der Waals surface area contributed by atoms with Crippen LogP contribution in [0.15, 0.2) is 39.8 Å². The van der Waals surface area contributed by atoms with Crippen molar-refractivity contribution in [2.45, 2.75) is 11.4 Å². The number of carbonyl (C=O) groups excluding carboxylic acids is 1. The molecule has 29 heavy (non-hydrogen) atoms. The van der Waals surface area contributed by atoms with Crippen LogP contribution in [0.3, 0.4) is 0 Å². The minimum Gasteiger partial charge on any atom is -0.467 e. The zero-order valence-corrected chi connectivity index (χ0v) is 17.2. The molecule has 0 unspecified atom stereocenters. The molecule has 0 bridgehead atoms. The predicted molar refractivity (Wildman–Crippen MR) is 106 cm³/mol. The van der Waals surface area contributed by atoms with Gasteiger partial charge >= 0.3 is 5.97 Å². The molecule has 1 aromatic carbocycles. The molecule has 0 atom stereocenters. The van der Waals surface area contributed by atoms with Crippen LogP contribution in [0.5, 0.6) is 0 Å². The number of furan rings is 1. The highest BCUT2D eigenvalue weighted by molar-refractivity contribution is 7.89. The topological polar surface area (TPSA) is 124 Å². The molecule has 0 saturated carbocycles. The molecule has 1 aliphatic heterocycles. The minimum atomic E-state index is -4.11. The van der Waals surface area contributed by atoms with Crippen molar-refractivity contribution < 1.29 is 27.1 Å². The minimum absolute atomic E-state index is 0.0203. The number of hydrogen-bond donors (Lipinski definition) is 2. The second-order valence-electron chi connectivity index (χ2n) is 6.40. The van der Waals surface area contributed by atoms with Crippen LogP contribution in [0.1, 0.15) is 16.1 Å². The SMILES string of the molecule is NS(=O)(=O)c1cc(C(=O)OCCN2CCOCC2)c(NCc2ccco2)cc1Cl. The average molecular weight is 444 g/mol. The third kappa shape index (κ3) is 5.94. The van der Waals surface area contributed by atoms with Crippen LogP contribution in [0, 0.1) is 0 Å². The van der Waals surface area contributed by atoms with Gasteiger partial charge in [0, 0.05) is 19.6 Å². The standard InChI is InChI=1S/C18H22ClN3O6S/c19-15-11-16(21-12-13-2-1-6-27-13)14(10-17(15)29(20,24)25)18(23)28-9-5-22-3-7-26-8-4-22/h1-2,6,10-11,21H,3-5,7-9,12H2,(H2,20,24,25). The molecule has 0 spiro atoms. The van der Waals surface area contributed by atoms with E-state index in [1.54, 1.807) is 12.1 Å². The fourth-order valence-electron chi connectivity index (χ4n) is 2.85. The number of hydrogen-bond acceptors (Lipinski definition) is 8. The Bertz CT molecular complexity index is 943. The van der Waals surface area contributed by atoms with E-state index in [4.69, 9.17) is 30.6 Å². The fraction of sp³-hybridized carbons (Fsp3) is 0.389. The Kier molecular flexibility index (Phi) is 7.14. The molecule has 11 heteroatoms. The Balaban J connectivity index is 1.75. The Hall–Kier alpha value is -2.11. The molecule has 3 rings (SSSR count). The van der Waals surface area contributed by atoms with Gasteiger partial charge in [-0.15, -0.1) is 0 Å². The summed E-state index contributed by atoms with van der Waals surface area (Å²) in [4.78, 5) is 14.4. The monoisotopic (exact) mass is 443 g/mol. The number of halogens is 1. The zero-order valence-electron chi connectivity index (χ0n) is 15.6. The molecule has 9 nitrogen and oxygen atoms in total. The Morgan fingerprint density at radius 2 is 2.07 bits per heavy atom. The summed E-state index contributed by atoms with van der Waals surface area (Å²) in [5.74, 6) is -0.0509. The maximum atomic E-state index is 12.7. The number of nitrogens with one attached hydrogen (secondary N) is 1. The predicted octanol–water partition coefficient (Wildman–Crippen LogP) is 1.68. The number of primary sulfonamides is 1. The first-order valence-corrected chi connectivity index (χ1v) is 10.9. The first-order valence-electron chi connectivity index (χ1n) is 8.94. The summed E-state index contributed by atoms with van der Waals surface area (Å²) in [5.41, 5.74) is 0.335. The van der Waals surface area contributed by atoms with E-state index in [9.17, 15) is 13.2 Å². The number of nitrogens with two attached hydrogens (primary N) is 1. The Morgan fingerprint density at radius 3 is 2.72 bits per heavy atom. The van der Waals surface area contributed by atoms with Crippen molar-refractivity contribution in [3.05, 3.63) is 46.9 Å². The molecule has 1 saturated heterocycles. The third-order valence-corrected chi connectivity index (χ3v) is 5.75. The molecule has 3 N–H and O–H groups in total. The molecule has 1 aromatic heterocycles.